The maximum absolute atomic E-state index is 12.8. The largest absolute Gasteiger partial charge is 0.449 e. The van der Waals surface area contributed by atoms with Crippen LogP contribution in [0.4, 0.5) is 4.79 Å². The molecule has 0 spiro atoms. The molecule has 0 aliphatic rings. The van der Waals surface area contributed by atoms with E-state index in [0.717, 1.165) is 0 Å². The molecular weight excluding hydrogens is 410 g/mol. The van der Waals surface area contributed by atoms with Gasteiger partial charge in [-0.25, -0.2) is 4.79 Å². The molecule has 9 nitrogen and oxygen atoms in total. The van der Waals surface area contributed by atoms with E-state index in [9.17, 15) is 24.3 Å². The van der Waals surface area contributed by atoms with Crippen LogP contribution in [-0.4, -0.2) is 72.1 Å². The summed E-state index contributed by atoms with van der Waals surface area (Å²) >= 11 is 1.53. The normalized spacial score (nSPS) is 14.0. The SMILES string of the molecule is CSCCC(NC(=O)OCC(C)C)C(=O)NC(CC(C)C)C(=O)NC(CO)C(C)=O. The molecule has 0 radical (unpaired) electrons. The number of carbonyl (C=O) groups excluding carboxylic acids is 4. The molecular formula is C20H37N3O6S. The van der Waals surface area contributed by atoms with Gasteiger partial charge in [0, 0.05) is 0 Å². The van der Waals surface area contributed by atoms with Gasteiger partial charge in [0.15, 0.2) is 5.78 Å². The van der Waals surface area contributed by atoms with Crippen LogP contribution in [0.2, 0.25) is 0 Å². The van der Waals surface area contributed by atoms with Crippen molar-refractivity contribution < 1.29 is 29.0 Å². The van der Waals surface area contributed by atoms with Gasteiger partial charge >= 0.3 is 6.09 Å². The summed E-state index contributed by atoms with van der Waals surface area (Å²) in [5, 5.41) is 17.0. The van der Waals surface area contributed by atoms with Crippen LogP contribution < -0.4 is 16.0 Å². The fourth-order valence-corrected chi connectivity index (χ4v) is 2.93. The number of nitrogens with one attached hydrogen (secondary N) is 3. The van der Waals surface area contributed by atoms with Gasteiger partial charge in [-0.3, -0.25) is 14.4 Å². The zero-order valence-electron chi connectivity index (χ0n) is 18.8. The lowest BCUT2D eigenvalue weighted by atomic mass is 10.0. The van der Waals surface area contributed by atoms with E-state index < -0.39 is 42.6 Å². The Morgan fingerprint density at radius 2 is 1.47 bits per heavy atom. The fourth-order valence-electron chi connectivity index (χ4n) is 2.45. The molecule has 0 bridgehead atoms. The Morgan fingerprint density at radius 1 is 0.900 bits per heavy atom. The number of amides is 3. The second kappa shape index (κ2) is 15.1. The molecule has 10 heteroatoms. The smallest absolute Gasteiger partial charge is 0.407 e. The van der Waals surface area contributed by atoms with Gasteiger partial charge in [-0.1, -0.05) is 27.7 Å². The number of hydrogen-bond acceptors (Lipinski definition) is 7. The maximum atomic E-state index is 12.8. The lowest BCUT2D eigenvalue weighted by Crippen LogP contribution is -2.56. The average molecular weight is 448 g/mol. The van der Waals surface area contributed by atoms with Crippen LogP contribution in [0.5, 0.6) is 0 Å². The summed E-state index contributed by atoms with van der Waals surface area (Å²) in [6, 6.07) is -2.79. The first-order chi connectivity index (χ1) is 14.0. The van der Waals surface area contributed by atoms with E-state index in [-0.39, 0.29) is 24.2 Å². The molecule has 0 saturated carbocycles. The van der Waals surface area contributed by atoms with Gasteiger partial charge < -0.3 is 25.8 Å². The van der Waals surface area contributed by atoms with E-state index in [0.29, 0.717) is 18.6 Å². The van der Waals surface area contributed by atoms with Crippen LogP contribution in [0.15, 0.2) is 0 Å². The number of rotatable bonds is 14. The van der Waals surface area contributed by atoms with Crippen LogP contribution in [0.3, 0.4) is 0 Å². The van der Waals surface area contributed by atoms with E-state index >= 15 is 0 Å². The molecule has 0 fully saturated rings. The average Bonchev–Trinajstić information content (AvgIpc) is 2.66. The molecule has 3 atom stereocenters. The molecule has 30 heavy (non-hydrogen) atoms. The third kappa shape index (κ3) is 12.0. The van der Waals surface area contributed by atoms with E-state index in [4.69, 9.17) is 4.74 Å². The van der Waals surface area contributed by atoms with Gasteiger partial charge in [-0.05, 0) is 43.6 Å². The first-order valence-electron chi connectivity index (χ1n) is 10.2. The third-order valence-corrected chi connectivity index (χ3v) is 4.74. The lowest BCUT2D eigenvalue weighted by Gasteiger charge is -2.25. The summed E-state index contributed by atoms with van der Waals surface area (Å²) in [5.41, 5.74) is 0. The second-order valence-electron chi connectivity index (χ2n) is 8.02. The van der Waals surface area contributed by atoms with Crippen molar-refractivity contribution in [2.24, 2.45) is 11.8 Å². The van der Waals surface area contributed by atoms with E-state index in [1.807, 2.05) is 34.0 Å². The third-order valence-electron chi connectivity index (χ3n) is 4.10. The first kappa shape index (κ1) is 28.2. The highest BCUT2D eigenvalue weighted by atomic mass is 32.2. The molecule has 3 amide bonds. The summed E-state index contributed by atoms with van der Waals surface area (Å²) in [6.45, 7) is 8.57. The summed E-state index contributed by atoms with van der Waals surface area (Å²) < 4.78 is 5.09. The van der Waals surface area contributed by atoms with Crippen molar-refractivity contribution in [2.75, 3.05) is 25.2 Å². The van der Waals surface area contributed by atoms with Crippen LogP contribution in [-0.2, 0) is 19.1 Å². The Kier molecular flexibility index (Phi) is 14.2. The number of ether oxygens (including phenoxy) is 1. The minimum atomic E-state index is -1.03. The summed E-state index contributed by atoms with van der Waals surface area (Å²) in [4.78, 5) is 49.0. The molecule has 4 N–H and O–H groups in total. The van der Waals surface area contributed by atoms with Crippen molar-refractivity contribution in [1.82, 2.24) is 16.0 Å². The summed E-state index contributed by atoms with van der Waals surface area (Å²) in [5.74, 6) is -0.575. The molecule has 0 aliphatic carbocycles. The molecule has 0 heterocycles. The van der Waals surface area contributed by atoms with Gasteiger partial charge in [0.1, 0.15) is 18.1 Å². The molecule has 0 rings (SSSR count). The van der Waals surface area contributed by atoms with Crippen molar-refractivity contribution in [2.45, 2.75) is 65.6 Å². The number of ketones is 1. The Labute approximate surface area is 183 Å². The highest BCUT2D eigenvalue weighted by molar-refractivity contribution is 7.98. The Balaban J connectivity index is 5.23. The summed E-state index contributed by atoms with van der Waals surface area (Å²) in [7, 11) is 0. The number of thioether (sulfide) groups is 1. The number of alkyl carbamates (subject to hydrolysis) is 1. The first-order valence-corrected chi connectivity index (χ1v) is 11.5. The zero-order chi connectivity index (χ0) is 23.3. The monoisotopic (exact) mass is 447 g/mol. The second-order valence-corrected chi connectivity index (χ2v) is 9.00. The minimum absolute atomic E-state index is 0.0829. The molecule has 174 valence electrons. The molecule has 0 aromatic carbocycles. The Hall–Kier alpha value is -1.81. The van der Waals surface area contributed by atoms with Crippen molar-refractivity contribution in [3.8, 4) is 0 Å². The number of carbonyl (C=O) groups is 4. The Morgan fingerprint density at radius 3 is 1.93 bits per heavy atom. The number of Topliss-reactive ketones (excluding diaryl/α,β-unsaturated/α-hetero) is 1. The lowest BCUT2D eigenvalue weighted by molar-refractivity contribution is -0.132. The number of hydrogen-bond donors (Lipinski definition) is 4. The van der Waals surface area contributed by atoms with Crippen LogP contribution >= 0.6 is 11.8 Å². The minimum Gasteiger partial charge on any atom is -0.449 e. The van der Waals surface area contributed by atoms with Crippen molar-refractivity contribution in [3.05, 3.63) is 0 Å². The topological polar surface area (TPSA) is 134 Å². The highest BCUT2D eigenvalue weighted by Gasteiger charge is 2.29. The fraction of sp³-hybridized carbons (Fsp3) is 0.800. The summed E-state index contributed by atoms with van der Waals surface area (Å²) in [6.07, 6.45) is 1.90. The maximum Gasteiger partial charge on any atom is 0.407 e. The van der Waals surface area contributed by atoms with Gasteiger partial charge in [0.05, 0.1) is 13.2 Å². The predicted molar refractivity (Wildman–Crippen MR) is 117 cm³/mol. The molecule has 0 aromatic rings. The van der Waals surface area contributed by atoms with Crippen molar-refractivity contribution in [3.63, 3.8) is 0 Å². The van der Waals surface area contributed by atoms with Crippen LogP contribution in [0.25, 0.3) is 0 Å². The predicted octanol–water partition coefficient (Wildman–Crippen LogP) is 1.09. The van der Waals surface area contributed by atoms with Gasteiger partial charge in [0.2, 0.25) is 11.8 Å². The highest BCUT2D eigenvalue weighted by Crippen LogP contribution is 2.08. The van der Waals surface area contributed by atoms with Crippen LogP contribution in [0, 0.1) is 11.8 Å². The molecule has 0 saturated heterocycles. The van der Waals surface area contributed by atoms with Gasteiger partial charge in [0.25, 0.3) is 0 Å². The van der Waals surface area contributed by atoms with Crippen molar-refractivity contribution >= 4 is 35.5 Å². The van der Waals surface area contributed by atoms with E-state index in [2.05, 4.69) is 16.0 Å². The number of aliphatic hydroxyl groups is 1. The van der Waals surface area contributed by atoms with Crippen LogP contribution in [0.1, 0.15) is 47.5 Å². The van der Waals surface area contributed by atoms with E-state index in [1.54, 1.807) is 0 Å². The molecule has 3 unspecified atom stereocenters. The quantitative estimate of drug-likeness (QED) is 0.313. The molecule has 0 aromatic heterocycles. The standard InChI is InChI=1S/C20H37N3O6S/c1-12(2)9-16(19(27)22-17(10-24)14(5)25)21-18(26)15(7-8-30-6)23-20(28)29-11-13(3)4/h12-13,15-17,24H,7-11H2,1-6H3,(H,21,26)(H,22,27)(H,23,28). The zero-order valence-corrected chi connectivity index (χ0v) is 19.6. The van der Waals surface area contributed by atoms with Gasteiger partial charge in [-0.2, -0.15) is 11.8 Å². The van der Waals surface area contributed by atoms with E-state index in [1.165, 1.54) is 18.7 Å². The molecule has 0 aliphatic heterocycles. The van der Waals surface area contributed by atoms with Gasteiger partial charge in [-0.15, -0.1) is 0 Å². The van der Waals surface area contributed by atoms with Crippen molar-refractivity contribution in [1.29, 1.82) is 0 Å². The number of aliphatic hydroxyl groups excluding tert-OH is 1. The Bertz CT molecular complexity index is 571.